The monoisotopic (exact) mass is 701 g/mol. The third-order valence-electron chi connectivity index (χ3n) is 10.7. The topological polar surface area (TPSA) is 51.8 Å². The van der Waals surface area contributed by atoms with Crippen molar-refractivity contribution in [3.05, 3.63) is 188 Å². The Morgan fingerprint density at radius 2 is 0.764 bits per heavy atom. The molecule has 4 heteroatoms. The van der Waals surface area contributed by atoms with Crippen LogP contribution < -0.4 is 0 Å². The maximum Gasteiger partial charge on any atom is 0.164 e. The molecule has 0 spiro atoms. The summed E-state index contributed by atoms with van der Waals surface area (Å²) in [5.74, 6) is 1.93. The molecular formula is C51H31N3O. The van der Waals surface area contributed by atoms with E-state index >= 15 is 0 Å². The van der Waals surface area contributed by atoms with Gasteiger partial charge in [-0.05, 0) is 84.9 Å². The van der Waals surface area contributed by atoms with Gasteiger partial charge in [-0.1, -0.05) is 158 Å². The molecule has 55 heavy (non-hydrogen) atoms. The third kappa shape index (κ3) is 5.26. The van der Waals surface area contributed by atoms with Crippen LogP contribution in [0.4, 0.5) is 0 Å². The minimum Gasteiger partial charge on any atom is -0.456 e. The Hall–Kier alpha value is -7.43. The predicted octanol–water partition coefficient (Wildman–Crippen LogP) is 13.6. The second-order valence-corrected chi connectivity index (χ2v) is 14.0. The van der Waals surface area contributed by atoms with Crippen molar-refractivity contribution in [1.82, 2.24) is 15.0 Å². The fraction of sp³-hybridized carbons (Fsp3) is 0. The third-order valence-corrected chi connectivity index (χ3v) is 10.7. The second kappa shape index (κ2) is 12.6. The van der Waals surface area contributed by atoms with E-state index in [0.29, 0.717) is 17.5 Å². The van der Waals surface area contributed by atoms with Gasteiger partial charge in [0.2, 0.25) is 0 Å². The lowest BCUT2D eigenvalue weighted by Gasteiger charge is -2.16. The summed E-state index contributed by atoms with van der Waals surface area (Å²) in [7, 11) is 0. The van der Waals surface area contributed by atoms with E-state index in [9.17, 15) is 0 Å². The number of para-hydroxylation sites is 1. The van der Waals surface area contributed by atoms with E-state index in [4.69, 9.17) is 19.4 Å². The zero-order chi connectivity index (χ0) is 36.3. The highest BCUT2D eigenvalue weighted by molar-refractivity contribution is 6.29. The number of benzene rings is 9. The fourth-order valence-electron chi connectivity index (χ4n) is 8.09. The van der Waals surface area contributed by atoms with E-state index in [2.05, 4.69) is 115 Å². The van der Waals surface area contributed by atoms with Crippen LogP contribution in [0.1, 0.15) is 0 Å². The van der Waals surface area contributed by atoms with Gasteiger partial charge < -0.3 is 4.42 Å². The Morgan fingerprint density at radius 1 is 0.273 bits per heavy atom. The summed E-state index contributed by atoms with van der Waals surface area (Å²) in [4.78, 5) is 15.0. The average molecular weight is 702 g/mol. The Balaban J connectivity index is 1.10. The highest BCUT2D eigenvalue weighted by atomic mass is 16.3. The molecule has 0 bridgehead atoms. The molecule has 2 heterocycles. The first-order valence-corrected chi connectivity index (χ1v) is 18.5. The highest BCUT2D eigenvalue weighted by Crippen LogP contribution is 2.42. The first kappa shape index (κ1) is 31.1. The Bertz CT molecular complexity index is 3200. The van der Waals surface area contributed by atoms with E-state index < -0.39 is 0 Å². The first-order chi connectivity index (χ1) is 27.2. The van der Waals surface area contributed by atoms with E-state index in [1.165, 1.54) is 37.9 Å². The van der Waals surface area contributed by atoms with Crippen molar-refractivity contribution < 1.29 is 4.42 Å². The minimum atomic E-state index is 0.636. The number of hydrogen-bond acceptors (Lipinski definition) is 4. The van der Waals surface area contributed by atoms with Crippen molar-refractivity contribution >= 4 is 54.3 Å². The molecule has 0 N–H and O–H groups in total. The van der Waals surface area contributed by atoms with Crippen molar-refractivity contribution in [1.29, 1.82) is 0 Å². The highest BCUT2D eigenvalue weighted by Gasteiger charge is 2.17. The lowest BCUT2D eigenvalue weighted by Crippen LogP contribution is -2.00. The van der Waals surface area contributed by atoms with Crippen molar-refractivity contribution in [2.24, 2.45) is 0 Å². The predicted molar refractivity (Wildman–Crippen MR) is 227 cm³/mol. The number of aromatic nitrogens is 3. The summed E-state index contributed by atoms with van der Waals surface area (Å²) in [5.41, 5.74) is 9.23. The van der Waals surface area contributed by atoms with Gasteiger partial charge >= 0.3 is 0 Å². The maximum atomic E-state index is 6.15. The van der Waals surface area contributed by atoms with Crippen LogP contribution >= 0.6 is 0 Å². The average Bonchev–Trinajstić information content (AvgIpc) is 3.65. The van der Waals surface area contributed by atoms with Gasteiger partial charge in [-0.25, -0.2) is 15.0 Å². The summed E-state index contributed by atoms with van der Waals surface area (Å²) < 4.78 is 6.15. The van der Waals surface area contributed by atoms with E-state index in [1.54, 1.807) is 0 Å². The number of furan rings is 1. The number of rotatable bonds is 5. The molecule has 0 saturated carbocycles. The van der Waals surface area contributed by atoms with Crippen LogP contribution in [0.5, 0.6) is 0 Å². The van der Waals surface area contributed by atoms with Crippen LogP contribution in [0.25, 0.3) is 111 Å². The Kier molecular flexibility index (Phi) is 7.14. The molecule has 9 aromatic carbocycles. The van der Waals surface area contributed by atoms with E-state index in [-0.39, 0.29) is 0 Å². The van der Waals surface area contributed by atoms with Gasteiger partial charge in [0.05, 0.1) is 0 Å². The SMILES string of the molecule is c1ccc(-c2nc(-c3ccccc3)nc(-c3cccc(-c4cccc5c6ccccc6c6cc(-c7ccc8oc9ccccc9c8c7)ccc6c45)c3)n2)cc1. The molecular weight excluding hydrogens is 671 g/mol. The minimum absolute atomic E-state index is 0.636. The molecule has 2 aromatic heterocycles. The van der Waals surface area contributed by atoms with Crippen LogP contribution in [0.2, 0.25) is 0 Å². The molecule has 0 aliphatic carbocycles. The van der Waals surface area contributed by atoms with Crippen LogP contribution in [0, 0.1) is 0 Å². The zero-order valence-corrected chi connectivity index (χ0v) is 29.6. The molecule has 0 fully saturated rings. The van der Waals surface area contributed by atoms with Gasteiger partial charge in [-0.15, -0.1) is 0 Å². The number of hydrogen-bond donors (Lipinski definition) is 0. The summed E-state index contributed by atoms with van der Waals surface area (Å²) in [6.07, 6.45) is 0. The standard InChI is InChI=1S/C51H31N3O/c1-3-13-32(14-4-1)49-52-50(33-15-5-2-6-16-33)54-51(53-49)37-18-11-17-36(29-37)38-22-12-23-42-39-19-7-8-20-40(39)44-30-34(25-27-43(44)48(38)42)35-26-28-47-45(31-35)41-21-9-10-24-46(41)55-47/h1-31H. The molecule has 0 atom stereocenters. The van der Waals surface area contributed by atoms with Gasteiger partial charge in [0.25, 0.3) is 0 Å². The van der Waals surface area contributed by atoms with Gasteiger partial charge in [0.15, 0.2) is 17.5 Å². The Morgan fingerprint density at radius 3 is 1.49 bits per heavy atom. The summed E-state index contributed by atoms with van der Waals surface area (Å²) >= 11 is 0. The molecule has 11 rings (SSSR count). The van der Waals surface area contributed by atoms with Crippen LogP contribution in [0.15, 0.2) is 192 Å². The van der Waals surface area contributed by atoms with Crippen molar-refractivity contribution in [2.45, 2.75) is 0 Å². The number of fused-ring (bicyclic) bond motifs is 9. The van der Waals surface area contributed by atoms with E-state index in [0.717, 1.165) is 55.3 Å². The van der Waals surface area contributed by atoms with Crippen LogP contribution in [-0.4, -0.2) is 15.0 Å². The number of nitrogens with zero attached hydrogens (tertiary/aromatic N) is 3. The molecule has 0 saturated heterocycles. The van der Waals surface area contributed by atoms with Crippen LogP contribution in [-0.2, 0) is 0 Å². The van der Waals surface area contributed by atoms with Gasteiger partial charge in [0, 0.05) is 27.5 Å². The van der Waals surface area contributed by atoms with Crippen molar-refractivity contribution in [3.63, 3.8) is 0 Å². The second-order valence-electron chi connectivity index (χ2n) is 14.0. The van der Waals surface area contributed by atoms with Crippen molar-refractivity contribution in [2.75, 3.05) is 0 Å². The van der Waals surface area contributed by atoms with Crippen LogP contribution in [0.3, 0.4) is 0 Å². The maximum absolute atomic E-state index is 6.15. The first-order valence-electron chi connectivity index (χ1n) is 18.5. The molecule has 0 unspecified atom stereocenters. The lowest BCUT2D eigenvalue weighted by atomic mass is 9.88. The largest absolute Gasteiger partial charge is 0.456 e. The summed E-state index contributed by atoms with van der Waals surface area (Å²) in [5, 5.41) is 9.61. The normalized spacial score (nSPS) is 11.6. The zero-order valence-electron chi connectivity index (χ0n) is 29.6. The smallest absolute Gasteiger partial charge is 0.164 e. The van der Waals surface area contributed by atoms with E-state index in [1.807, 2.05) is 72.8 Å². The lowest BCUT2D eigenvalue weighted by molar-refractivity contribution is 0.669. The Labute approximate surface area is 317 Å². The van der Waals surface area contributed by atoms with Gasteiger partial charge in [-0.3, -0.25) is 0 Å². The molecule has 0 amide bonds. The molecule has 4 nitrogen and oxygen atoms in total. The molecule has 11 aromatic rings. The van der Waals surface area contributed by atoms with Gasteiger partial charge in [0.1, 0.15) is 11.2 Å². The molecule has 0 aliphatic heterocycles. The molecule has 0 aliphatic rings. The molecule has 0 radical (unpaired) electrons. The van der Waals surface area contributed by atoms with Gasteiger partial charge in [-0.2, -0.15) is 0 Å². The summed E-state index contributed by atoms with van der Waals surface area (Å²) in [6.45, 7) is 0. The summed E-state index contributed by atoms with van der Waals surface area (Å²) in [6, 6.07) is 65.9. The quantitative estimate of drug-likeness (QED) is 0.168. The van der Waals surface area contributed by atoms with Crippen molar-refractivity contribution in [3.8, 4) is 56.4 Å². The molecule has 256 valence electrons. The fourth-order valence-corrected chi connectivity index (χ4v) is 8.09.